The number of carbonyl (C=O) groups excluding carboxylic acids is 1. The van der Waals surface area contributed by atoms with Gasteiger partial charge in [0.15, 0.2) is 17.3 Å². The minimum atomic E-state index is -0.0577. The van der Waals surface area contributed by atoms with E-state index >= 15 is 0 Å². The number of benzene rings is 1. The Morgan fingerprint density at radius 1 is 1.06 bits per heavy atom. The number of amides is 1. The number of ether oxygens (including phenoxy) is 2. The van der Waals surface area contributed by atoms with Gasteiger partial charge in [-0.1, -0.05) is 80.4 Å². The molecule has 5 heteroatoms. The van der Waals surface area contributed by atoms with Gasteiger partial charge in [-0.2, -0.15) is 0 Å². The van der Waals surface area contributed by atoms with E-state index in [4.69, 9.17) is 9.47 Å². The molecule has 1 saturated heterocycles. The summed E-state index contributed by atoms with van der Waals surface area (Å²) in [6.45, 7) is 16.5. The SMILES string of the molecule is C=C/C=C\C(OC(/C=C\C)=C(/C=C)N1CC(C=CC)NCC1=O)=C(/C=C)OCc1ccccc1. The minimum Gasteiger partial charge on any atom is -0.485 e. The monoisotopic (exact) mass is 458 g/mol. The molecule has 1 unspecified atom stereocenters. The Morgan fingerprint density at radius 3 is 2.44 bits per heavy atom. The molecule has 1 aromatic carbocycles. The molecule has 2 rings (SSSR count). The van der Waals surface area contributed by atoms with Gasteiger partial charge in [0.2, 0.25) is 5.91 Å². The fraction of sp³-hybridized carbons (Fsp3) is 0.207. The third-order valence-corrected chi connectivity index (χ3v) is 4.94. The molecule has 1 aromatic rings. The molecule has 0 radical (unpaired) electrons. The largest absolute Gasteiger partial charge is 0.485 e. The molecule has 1 atom stereocenters. The normalized spacial score (nSPS) is 18.1. The van der Waals surface area contributed by atoms with E-state index in [-0.39, 0.29) is 18.5 Å². The lowest BCUT2D eigenvalue weighted by Gasteiger charge is -2.33. The summed E-state index contributed by atoms with van der Waals surface area (Å²) < 4.78 is 12.3. The van der Waals surface area contributed by atoms with Crippen molar-refractivity contribution < 1.29 is 14.3 Å². The Bertz CT molecular complexity index is 1010. The van der Waals surface area contributed by atoms with Crippen LogP contribution in [0.3, 0.4) is 0 Å². The van der Waals surface area contributed by atoms with Crippen LogP contribution in [0, 0.1) is 0 Å². The van der Waals surface area contributed by atoms with Crippen LogP contribution >= 0.6 is 0 Å². The molecule has 1 amide bonds. The van der Waals surface area contributed by atoms with Crippen molar-refractivity contribution in [3.63, 3.8) is 0 Å². The first kappa shape index (κ1) is 26.4. The van der Waals surface area contributed by atoms with E-state index in [0.29, 0.717) is 36.1 Å². The molecule has 1 heterocycles. The minimum absolute atomic E-state index is 0.0399. The third kappa shape index (κ3) is 7.64. The van der Waals surface area contributed by atoms with Crippen LogP contribution in [0.25, 0.3) is 0 Å². The van der Waals surface area contributed by atoms with Gasteiger partial charge in [-0.25, -0.2) is 0 Å². The highest BCUT2D eigenvalue weighted by Gasteiger charge is 2.27. The van der Waals surface area contributed by atoms with Crippen molar-refractivity contribution in [1.82, 2.24) is 10.2 Å². The Hall–Kier alpha value is -3.83. The van der Waals surface area contributed by atoms with Crippen molar-refractivity contribution in [2.24, 2.45) is 0 Å². The number of piperazine rings is 1. The summed E-state index contributed by atoms with van der Waals surface area (Å²) >= 11 is 0. The molecular formula is C29H34N2O3. The van der Waals surface area contributed by atoms with Gasteiger partial charge in [-0.3, -0.25) is 4.79 Å². The first-order chi connectivity index (χ1) is 16.6. The van der Waals surface area contributed by atoms with Crippen LogP contribution in [0.2, 0.25) is 0 Å². The summed E-state index contributed by atoms with van der Waals surface area (Å²) in [7, 11) is 0. The van der Waals surface area contributed by atoms with Crippen LogP contribution in [0.15, 0.2) is 128 Å². The second-order valence-electron chi connectivity index (χ2n) is 7.37. The predicted molar refractivity (Wildman–Crippen MR) is 139 cm³/mol. The Labute approximate surface area is 203 Å². The zero-order valence-corrected chi connectivity index (χ0v) is 20.1. The molecule has 178 valence electrons. The highest BCUT2D eigenvalue weighted by atomic mass is 16.5. The number of rotatable bonds is 12. The van der Waals surface area contributed by atoms with E-state index in [2.05, 4.69) is 25.1 Å². The molecular weight excluding hydrogens is 424 g/mol. The third-order valence-electron chi connectivity index (χ3n) is 4.94. The van der Waals surface area contributed by atoms with E-state index in [9.17, 15) is 4.79 Å². The highest BCUT2D eigenvalue weighted by molar-refractivity contribution is 5.81. The predicted octanol–water partition coefficient (Wildman–Crippen LogP) is 5.71. The fourth-order valence-electron chi connectivity index (χ4n) is 3.34. The summed E-state index contributed by atoms with van der Waals surface area (Å²) in [4.78, 5) is 14.4. The second kappa shape index (κ2) is 14.3. The maximum atomic E-state index is 12.8. The number of nitrogens with zero attached hydrogens (tertiary/aromatic N) is 1. The van der Waals surface area contributed by atoms with Crippen molar-refractivity contribution in [3.05, 3.63) is 133 Å². The Morgan fingerprint density at radius 2 is 1.82 bits per heavy atom. The molecule has 0 saturated carbocycles. The van der Waals surface area contributed by atoms with Gasteiger partial charge in [0.05, 0.1) is 12.2 Å². The summed E-state index contributed by atoms with van der Waals surface area (Å²) in [5, 5.41) is 3.22. The van der Waals surface area contributed by atoms with Crippen molar-refractivity contribution in [3.8, 4) is 0 Å². The lowest BCUT2D eigenvalue weighted by atomic mass is 10.1. The van der Waals surface area contributed by atoms with Crippen LogP contribution in [0.4, 0.5) is 0 Å². The summed E-state index contributed by atoms with van der Waals surface area (Å²) in [5.41, 5.74) is 1.60. The highest BCUT2D eigenvalue weighted by Crippen LogP contribution is 2.24. The smallest absolute Gasteiger partial charge is 0.241 e. The number of hydrogen-bond donors (Lipinski definition) is 1. The first-order valence-electron chi connectivity index (χ1n) is 11.2. The molecule has 0 bridgehead atoms. The topological polar surface area (TPSA) is 50.8 Å². The van der Waals surface area contributed by atoms with Crippen LogP contribution in [-0.4, -0.2) is 29.9 Å². The zero-order valence-electron chi connectivity index (χ0n) is 20.1. The molecule has 1 fully saturated rings. The average Bonchev–Trinajstić information content (AvgIpc) is 2.85. The van der Waals surface area contributed by atoms with Gasteiger partial charge < -0.3 is 19.7 Å². The molecule has 0 aliphatic carbocycles. The van der Waals surface area contributed by atoms with E-state index in [1.54, 1.807) is 41.4 Å². The molecule has 1 aliphatic rings. The number of allylic oxidation sites excluding steroid dienone is 8. The van der Waals surface area contributed by atoms with Crippen molar-refractivity contribution >= 4 is 5.91 Å². The summed E-state index contributed by atoms with van der Waals surface area (Å²) in [6.07, 6.45) is 16.0. The summed E-state index contributed by atoms with van der Waals surface area (Å²) in [6, 6.07) is 9.88. The van der Waals surface area contributed by atoms with Crippen LogP contribution < -0.4 is 5.32 Å². The first-order valence-corrected chi connectivity index (χ1v) is 11.2. The molecule has 34 heavy (non-hydrogen) atoms. The van der Waals surface area contributed by atoms with E-state index in [1.165, 1.54) is 0 Å². The van der Waals surface area contributed by atoms with Gasteiger partial charge in [0.25, 0.3) is 0 Å². The van der Waals surface area contributed by atoms with Gasteiger partial charge in [-0.05, 0) is 43.7 Å². The Balaban J connectivity index is 2.46. The molecule has 1 aliphatic heterocycles. The van der Waals surface area contributed by atoms with Crippen LogP contribution in [0.1, 0.15) is 19.4 Å². The van der Waals surface area contributed by atoms with E-state index in [0.717, 1.165) is 5.56 Å². The van der Waals surface area contributed by atoms with Gasteiger partial charge in [0, 0.05) is 12.6 Å². The van der Waals surface area contributed by atoms with Crippen molar-refractivity contribution in [2.75, 3.05) is 13.1 Å². The molecule has 0 spiro atoms. The van der Waals surface area contributed by atoms with Crippen LogP contribution in [-0.2, 0) is 20.9 Å². The lowest BCUT2D eigenvalue weighted by Crippen LogP contribution is -2.52. The standard InChI is InChI=1S/C29H34N2O3/c1-6-11-19-28(26(10-5)33-22-23-17-13-12-14-18-23)34-27(16-8-3)25(9-4)31-21-24(15-7-2)30-20-29(31)32/h6-19,24,30H,1,4-5,20-22H2,2-3H3/b15-7?,16-8-,19-11-,27-25-,28-26-. The number of carbonyl (C=O) groups is 1. The van der Waals surface area contributed by atoms with Gasteiger partial charge >= 0.3 is 0 Å². The second-order valence-corrected chi connectivity index (χ2v) is 7.37. The zero-order chi connectivity index (χ0) is 24.8. The molecule has 0 aromatic heterocycles. The quantitative estimate of drug-likeness (QED) is 0.248. The average molecular weight is 459 g/mol. The lowest BCUT2D eigenvalue weighted by molar-refractivity contribution is -0.130. The summed E-state index contributed by atoms with van der Waals surface area (Å²) in [5.74, 6) is 1.31. The fourth-order valence-corrected chi connectivity index (χ4v) is 3.34. The number of hydrogen-bond acceptors (Lipinski definition) is 4. The van der Waals surface area contributed by atoms with Gasteiger partial charge in [0.1, 0.15) is 6.61 Å². The molecule has 5 nitrogen and oxygen atoms in total. The van der Waals surface area contributed by atoms with E-state index < -0.39 is 0 Å². The van der Waals surface area contributed by atoms with E-state index in [1.807, 2.05) is 62.4 Å². The maximum absolute atomic E-state index is 12.8. The van der Waals surface area contributed by atoms with Crippen molar-refractivity contribution in [1.29, 1.82) is 0 Å². The van der Waals surface area contributed by atoms with Crippen molar-refractivity contribution in [2.45, 2.75) is 26.5 Å². The molecule has 1 N–H and O–H groups in total. The van der Waals surface area contributed by atoms with Gasteiger partial charge in [-0.15, -0.1) is 0 Å². The maximum Gasteiger partial charge on any atom is 0.241 e. The Kier molecular flexibility index (Phi) is 11.1. The number of nitrogens with one attached hydrogen (secondary N) is 1. The van der Waals surface area contributed by atoms with Crippen LogP contribution in [0.5, 0.6) is 0 Å².